The van der Waals surface area contributed by atoms with Gasteiger partial charge in [-0.05, 0) is 37.4 Å². The number of amides is 1. The Kier molecular flexibility index (Phi) is 7.13. The maximum absolute atomic E-state index is 13.7. The molecule has 2 aromatic heterocycles. The molecule has 0 aliphatic carbocycles. The molecule has 1 saturated heterocycles. The number of hydrogen-bond acceptors (Lipinski definition) is 6. The number of rotatable bonds is 7. The molecule has 0 saturated carbocycles. The monoisotopic (exact) mass is 413 g/mol. The zero-order chi connectivity index (χ0) is 21.7. The first-order valence-electron chi connectivity index (χ1n) is 10.9. The molecule has 1 aliphatic heterocycles. The van der Waals surface area contributed by atoms with Crippen molar-refractivity contribution in [2.75, 3.05) is 25.0 Å². The Morgan fingerprint density at radius 3 is 2.80 bits per heavy atom. The van der Waals surface area contributed by atoms with Crippen LogP contribution in [0.5, 0.6) is 0 Å². The molecule has 1 atom stereocenters. The molecule has 7 heteroatoms. The molecule has 0 bridgehead atoms. The van der Waals surface area contributed by atoms with Crippen molar-refractivity contribution in [3.05, 3.63) is 41.7 Å². The van der Waals surface area contributed by atoms with Gasteiger partial charge in [0.2, 0.25) is 0 Å². The Labute approximate surface area is 179 Å². The van der Waals surface area contributed by atoms with E-state index in [2.05, 4.69) is 50.2 Å². The van der Waals surface area contributed by atoms with E-state index in [1.54, 1.807) is 12.5 Å². The Bertz CT molecular complexity index is 821. The third kappa shape index (κ3) is 5.59. The number of carbonyl (C=O) groups excluding carboxylic acids is 1. The highest BCUT2D eigenvalue weighted by Gasteiger charge is 2.30. The smallest absolute Gasteiger partial charge is 0.259 e. The summed E-state index contributed by atoms with van der Waals surface area (Å²) in [5, 5.41) is 6.74. The number of carbonyl (C=O) groups is 1. The molecule has 0 spiro atoms. The van der Waals surface area contributed by atoms with Crippen LogP contribution in [0.25, 0.3) is 0 Å². The van der Waals surface area contributed by atoms with Crippen LogP contribution in [0.1, 0.15) is 69.4 Å². The molecular weight excluding hydrogens is 378 g/mol. The fourth-order valence-electron chi connectivity index (χ4n) is 3.66. The van der Waals surface area contributed by atoms with Gasteiger partial charge in [0, 0.05) is 30.7 Å². The zero-order valence-corrected chi connectivity index (χ0v) is 18.9. The fraction of sp³-hybridized carbons (Fsp3) is 0.609. The summed E-state index contributed by atoms with van der Waals surface area (Å²) in [6.45, 7) is 13.5. The van der Waals surface area contributed by atoms with Crippen LogP contribution in [0.15, 0.2) is 29.0 Å². The van der Waals surface area contributed by atoms with Crippen molar-refractivity contribution in [1.82, 2.24) is 20.2 Å². The van der Waals surface area contributed by atoms with Gasteiger partial charge in [-0.25, -0.2) is 9.97 Å². The highest BCUT2D eigenvalue weighted by Crippen LogP contribution is 2.25. The number of hydrogen-bond donors (Lipinski definition) is 2. The van der Waals surface area contributed by atoms with E-state index in [0.717, 1.165) is 31.7 Å². The Morgan fingerprint density at radius 1 is 1.40 bits per heavy atom. The summed E-state index contributed by atoms with van der Waals surface area (Å²) in [5.41, 5.74) is 0.300. The molecule has 3 heterocycles. The number of piperidine rings is 1. The molecule has 2 aromatic rings. The lowest BCUT2D eigenvalue weighted by atomic mass is 9.95. The first kappa shape index (κ1) is 22.3. The standard InChI is InChI=1S/C23H35N5O2/c1-16(2)15-28(17-8-6-10-24-12-17)21(29)19-14-26-22(23(3,4)5)27-20(19)25-13-18-9-7-11-30-18/h7,9,11,14,16-17,24H,6,8,10,12-13,15H2,1-5H3,(H,25,26,27). The molecule has 1 fully saturated rings. The van der Waals surface area contributed by atoms with Crippen molar-refractivity contribution in [2.45, 2.75) is 65.5 Å². The van der Waals surface area contributed by atoms with E-state index < -0.39 is 0 Å². The lowest BCUT2D eigenvalue weighted by molar-refractivity contribution is 0.0620. The molecule has 0 radical (unpaired) electrons. The predicted octanol–water partition coefficient (Wildman–Crippen LogP) is 3.83. The van der Waals surface area contributed by atoms with Crippen LogP contribution in [0.2, 0.25) is 0 Å². The second-order valence-electron chi connectivity index (χ2n) is 9.49. The van der Waals surface area contributed by atoms with Crippen LogP contribution in [-0.4, -0.2) is 46.5 Å². The highest BCUT2D eigenvalue weighted by molar-refractivity contribution is 5.98. The van der Waals surface area contributed by atoms with E-state index in [1.165, 1.54) is 0 Å². The van der Waals surface area contributed by atoms with Crippen LogP contribution in [0.4, 0.5) is 5.82 Å². The average Bonchev–Trinajstić information content (AvgIpc) is 3.23. The van der Waals surface area contributed by atoms with Gasteiger partial charge in [-0.3, -0.25) is 4.79 Å². The Balaban J connectivity index is 1.92. The number of aromatic nitrogens is 2. The van der Waals surface area contributed by atoms with Gasteiger partial charge in [-0.2, -0.15) is 0 Å². The van der Waals surface area contributed by atoms with Crippen LogP contribution < -0.4 is 10.6 Å². The largest absolute Gasteiger partial charge is 0.467 e. The van der Waals surface area contributed by atoms with Gasteiger partial charge in [-0.15, -0.1) is 0 Å². The maximum atomic E-state index is 13.7. The average molecular weight is 414 g/mol. The van der Waals surface area contributed by atoms with Crippen molar-refractivity contribution < 1.29 is 9.21 Å². The first-order valence-corrected chi connectivity index (χ1v) is 10.9. The SMILES string of the molecule is CC(C)CN(C(=O)c1cnc(C(C)(C)C)nc1NCc1ccco1)C1CCCNC1. The molecule has 164 valence electrons. The van der Waals surface area contributed by atoms with Gasteiger partial charge in [-0.1, -0.05) is 34.6 Å². The first-order chi connectivity index (χ1) is 14.3. The van der Waals surface area contributed by atoms with Crippen molar-refractivity contribution in [1.29, 1.82) is 0 Å². The van der Waals surface area contributed by atoms with E-state index >= 15 is 0 Å². The van der Waals surface area contributed by atoms with Crippen molar-refractivity contribution in [2.24, 2.45) is 5.92 Å². The molecule has 1 amide bonds. The van der Waals surface area contributed by atoms with E-state index in [-0.39, 0.29) is 17.4 Å². The minimum Gasteiger partial charge on any atom is -0.467 e. The summed E-state index contributed by atoms with van der Waals surface area (Å²) in [6.07, 6.45) is 5.42. The summed E-state index contributed by atoms with van der Waals surface area (Å²) in [7, 11) is 0. The number of nitrogens with one attached hydrogen (secondary N) is 2. The van der Waals surface area contributed by atoms with Gasteiger partial charge < -0.3 is 20.0 Å². The van der Waals surface area contributed by atoms with Crippen LogP contribution in [0, 0.1) is 5.92 Å². The summed E-state index contributed by atoms with van der Waals surface area (Å²) < 4.78 is 5.44. The van der Waals surface area contributed by atoms with Crippen molar-refractivity contribution in [3.8, 4) is 0 Å². The quantitative estimate of drug-likeness (QED) is 0.718. The molecule has 1 aliphatic rings. The number of anilines is 1. The molecular formula is C23H35N5O2. The highest BCUT2D eigenvalue weighted by atomic mass is 16.3. The molecule has 2 N–H and O–H groups in total. The number of nitrogens with zero attached hydrogens (tertiary/aromatic N) is 3. The third-order valence-electron chi connectivity index (χ3n) is 5.23. The molecule has 3 rings (SSSR count). The van der Waals surface area contributed by atoms with Gasteiger partial charge >= 0.3 is 0 Å². The second-order valence-corrected chi connectivity index (χ2v) is 9.49. The minimum atomic E-state index is -0.215. The summed E-state index contributed by atoms with van der Waals surface area (Å²) >= 11 is 0. The van der Waals surface area contributed by atoms with Crippen LogP contribution >= 0.6 is 0 Å². The molecule has 1 unspecified atom stereocenters. The minimum absolute atomic E-state index is 0.0141. The van der Waals surface area contributed by atoms with Gasteiger partial charge in [0.05, 0.1) is 12.8 Å². The van der Waals surface area contributed by atoms with Gasteiger partial charge in [0.15, 0.2) is 0 Å². The zero-order valence-electron chi connectivity index (χ0n) is 18.9. The second kappa shape index (κ2) is 9.60. The van der Waals surface area contributed by atoms with Crippen molar-refractivity contribution in [3.63, 3.8) is 0 Å². The summed E-state index contributed by atoms with van der Waals surface area (Å²) in [6, 6.07) is 3.94. The van der Waals surface area contributed by atoms with Gasteiger partial charge in [0.1, 0.15) is 23.0 Å². The summed E-state index contributed by atoms with van der Waals surface area (Å²) in [5.74, 6) is 2.43. The van der Waals surface area contributed by atoms with E-state index in [1.807, 2.05) is 17.0 Å². The van der Waals surface area contributed by atoms with Crippen LogP contribution in [0.3, 0.4) is 0 Å². The predicted molar refractivity (Wildman–Crippen MR) is 119 cm³/mol. The lowest BCUT2D eigenvalue weighted by Crippen LogP contribution is -2.50. The number of furan rings is 1. The normalized spacial score (nSPS) is 17.2. The van der Waals surface area contributed by atoms with E-state index in [9.17, 15) is 4.79 Å². The lowest BCUT2D eigenvalue weighted by Gasteiger charge is -2.36. The molecule has 0 aromatic carbocycles. The third-order valence-corrected chi connectivity index (χ3v) is 5.23. The molecule has 7 nitrogen and oxygen atoms in total. The molecule has 30 heavy (non-hydrogen) atoms. The van der Waals surface area contributed by atoms with Gasteiger partial charge in [0.25, 0.3) is 5.91 Å². The van der Waals surface area contributed by atoms with E-state index in [0.29, 0.717) is 36.2 Å². The summed E-state index contributed by atoms with van der Waals surface area (Å²) in [4.78, 5) is 25.0. The topological polar surface area (TPSA) is 83.3 Å². The van der Waals surface area contributed by atoms with E-state index in [4.69, 9.17) is 9.40 Å². The fourth-order valence-corrected chi connectivity index (χ4v) is 3.66. The van der Waals surface area contributed by atoms with Crippen molar-refractivity contribution >= 4 is 11.7 Å². The Morgan fingerprint density at radius 2 is 2.20 bits per heavy atom. The van der Waals surface area contributed by atoms with Crippen LogP contribution in [-0.2, 0) is 12.0 Å². The Hall–Kier alpha value is -2.41. The maximum Gasteiger partial charge on any atom is 0.259 e.